The Balaban J connectivity index is 1.76. The predicted octanol–water partition coefficient (Wildman–Crippen LogP) is 2.99. The maximum atomic E-state index is 5.98. The van der Waals surface area contributed by atoms with Crippen molar-refractivity contribution in [1.82, 2.24) is 0 Å². The van der Waals surface area contributed by atoms with E-state index in [9.17, 15) is 0 Å². The Morgan fingerprint density at radius 2 is 1.95 bits per heavy atom. The molecule has 0 bridgehead atoms. The lowest BCUT2D eigenvalue weighted by Crippen LogP contribution is -2.23. The summed E-state index contributed by atoms with van der Waals surface area (Å²) in [6, 6.07) is 14.7. The lowest BCUT2D eigenvalue weighted by molar-refractivity contribution is 0.211. The molecule has 3 rings (SSSR count). The van der Waals surface area contributed by atoms with Crippen LogP contribution in [0.4, 0.5) is 0 Å². The number of para-hydroxylation sites is 1. The maximum absolute atomic E-state index is 5.98. The van der Waals surface area contributed by atoms with Crippen LogP contribution in [0.2, 0.25) is 0 Å². The molecule has 0 aliphatic carbocycles. The minimum atomic E-state index is 0.499. The summed E-state index contributed by atoms with van der Waals surface area (Å²) >= 11 is 0. The number of rotatable bonds is 5. The summed E-state index contributed by atoms with van der Waals surface area (Å²) in [7, 11) is 1.69. The molecule has 2 aromatic carbocycles. The minimum Gasteiger partial charge on any atom is -0.493 e. The first kappa shape index (κ1) is 14.9. The second-order valence-corrected chi connectivity index (χ2v) is 5.84. The third-order valence-electron chi connectivity index (χ3n) is 4.29. The molecule has 22 heavy (non-hydrogen) atoms. The third-order valence-corrected chi connectivity index (χ3v) is 4.29. The van der Waals surface area contributed by atoms with Crippen molar-refractivity contribution in [2.75, 3.05) is 20.3 Å². The van der Waals surface area contributed by atoms with Crippen molar-refractivity contribution in [3.63, 3.8) is 0 Å². The zero-order valence-electron chi connectivity index (χ0n) is 13.0. The van der Waals surface area contributed by atoms with Gasteiger partial charge in [0, 0.05) is 5.92 Å². The van der Waals surface area contributed by atoms with Gasteiger partial charge in [-0.15, -0.1) is 0 Å². The standard InChI is InChI=1S/C19H23NO2/c1-21-18-8-4-7-17-12-14(13-22-19(17)18)11-16-6-3-2-5-15(16)9-10-20/h2-8,14H,9-13,20H2,1H3. The topological polar surface area (TPSA) is 44.5 Å². The number of hydrogen-bond acceptors (Lipinski definition) is 3. The lowest BCUT2D eigenvalue weighted by Gasteiger charge is -2.27. The Morgan fingerprint density at radius 1 is 1.14 bits per heavy atom. The molecule has 0 aromatic heterocycles. The summed E-state index contributed by atoms with van der Waals surface area (Å²) in [5.41, 5.74) is 9.72. The highest BCUT2D eigenvalue weighted by Crippen LogP contribution is 2.36. The largest absolute Gasteiger partial charge is 0.493 e. The zero-order chi connectivity index (χ0) is 15.4. The van der Waals surface area contributed by atoms with Gasteiger partial charge < -0.3 is 15.2 Å². The van der Waals surface area contributed by atoms with Crippen LogP contribution < -0.4 is 15.2 Å². The molecular formula is C19H23NO2. The van der Waals surface area contributed by atoms with Gasteiger partial charge in [0.05, 0.1) is 13.7 Å². The van der Waals surface area contributed by atoms with Gasteiger partial charge in [0.1, 0.15) is 0 Å². The lowest BCUT2D eigenvalue weighted by atomic mass is 9.88. The number of benzene rings is 2. The Morgan fingerprint density at radius 3 is 2.73 bits per heavy atom. The van der Waals surface area contributed by atoms with Crippen molar-refractivity contribution in [1.29, 1.82) is 0 Å². The summed E-state index contributed by atoms with van der Waals surface area (Å²) in [5.74, 6) is 2.24. The summed E-state index contributed by atoms with van der Waals surface area (Å²) in [4.78, 5) is 0. The van der Waals surface area contributed by atoms with Gasteiger partial charge in [-0.1, -0.05) is 36.4 Å². The molecule has 0 saturated carbocycles. The van der Waals surface area contributed by atoms with Gasteiger partial charge >= 0.3 is 0 Å². The summed E-state index contributed by atoms with van der Waals surface area (Å²) < 4.78 is 11.4. The summed E-state index contributed by atoms with van der Waals surface area (Å²) in [5, 5.41) is 0. The van der Waals surface area contributed by atoms with Crippen LogP contribution in [0.3, 0.4) is 0 Å². The van der Waals surface area contributed by atoms with Crippen molar-refractivity contribution in [3.8, 4) is 11.5 Å². The van der Waals surface area contributed by atoms with Crippen LogP contribution in [0.5, 0.6) is 11.5 Å². The molecule has 3 nitrogen and oxygen atoms in total. The van der Waals surface area contributed by atoms with Crippen LogP contribution >= 0.6 is 0 Å². The number of ether oxygens (including phenoxy) is 2. The fraction of sp³-hybridized carbons (Fsp3) is 0.368. The van der Waals surface area contributed by atoms with Gasteiger partial charge in [-0.25, -0.2) is 0 Å². The van der Waals surface area contributed by atoms with Crippen molar-refractivity contribution >= 4 is 0 Å². The second kappa shape index (κ2) is 6.84. The van der Waals surface area contributed by atoms with Gasteiger partial charge in [-0.3, -0.25) is 0 Å². The fourth-order valence-electron chi connectivity index (χ4n) is 3.22. The second-order valence-electron chi connectivity index (χ2n) is 5.84. The molecule has 2 aromatic rings. The molecule has 1 aliphatic rings. The Kier molecular flexibility index (Phi) is 4.64. The molecule has 116 valence electrons. The summed E-state index contributed by atoms with van der Waals surface area (Å²) in [6.45, 7) is 1.43. The molecule has 0 saturated heterocycles. The van der Waals surface area contributed by atoms with Crippen LogP contribution in [0.1, 0.15) is 16.7 Å². The fourth-order valence-corrected chi connectivity index (χ4v) is 3.22. The van der Waals surface area contributed by atoms with Crippen LogP contribution in [0.15, 0.2) is 42.5 Å². The van der Waals surface area contributed by atoms with Crippen LogP contribution in [0, 0.1) is 5.92 Å². The number of methoxy groups -OCH3 is 1. The smallest absolute Gasteiger partial charge is 0.164 e. The number of fused-ring (bicyclic) bond motifs is 1. The molecule has 0 spiro atoms. The van der Waals surface area contributed by atoms with E-state index >= 15 is 0 Å². The normalized spacial score (nSPS) is 16.7. The highest BCUT2D eigenvalue weighted by molar-refractivity contribution is 5.48. The quantitative estimate of drug-likeness (QED) is 0.922. The molecule has 1 atom stereocenters. The van der Waals surface area contributed by atoms with Crippen molar-refractivity contribution in [2.45, 2.75) is 19.3 Å². The molecule has 1 heterocycles. The van der Waals surface area contributed by atoms with E-state index in [-0.39, 0.29) is 0 Å². The Bertz CT molecular complexity index is 639. The minimum absolute atomic E-state index is 0.499. The average molecular weight is 297 g/mol. The van der Waals surface area contributed by atoms with Gasteiger partial charge in [-0.05, 0) is 48.6 Å². The van der Waals surface area contributed by atoms with Gasteiger partial charge in [-0.2, -0.15) is 0 Å². The summed E-state index contributed by atoms with van der Waals surface area (Å²) in [6.07, 6.45) is 3.00. The van der Waals surface area contributed by atoms with Crippen LogP contribution in [0.25, 0.3) is 0 Å². The third kappa shape index (κ3) is 3.09. The Labute approximate surface area is 132 Å². The first-order valence-corrected chi connectivity index (χ1v) is 7.87. The zero-order valence-corrected chi connectivity index (χ0v) is 13.0. The van der Waals surface area contributed by atoms with E-state index in [0.29, 0.717) is 12.5 Å². The highest BCUT2D eigenvalue weighted by atomic mass is 16.5. The van der Waals surface area contributed by atoms with Crippen molar-refractivity contribution in [3.05, 3.63) is 59.2 Å². The van der Waals surface area contributed by atoms with Crippen molar-refractivity contribution in [2.24, 2.45) is 11.7 Å². The maximum Gasteiger partial charge on any atom is 0.164 e. The molecule has 0 radical (unpaired) electrons. The van der Waals surface area contributed by atoms with E-state index in [4.69, 9.17) is 15.2 Å². The van der Waals surface area contributed by atoms with E-state index in [1.807, 2.05) is 12.1 Å². The molecule has 2 N–H and O–H groups in total. The molecular weight excluding hydrogens is 274 g/mol. The number of hydrogen-bond donors (Lipinski definition) is 1. The van der Waals surface area contributed by atoms with Gasteiger partial charge in [0.15, 0.2) is 11.5 Å². The monoisotopic (exact) mass is 297 g/mol. The first-order valence-electron chi connectivity index (χ1n) is 7.87. The molecule has 0 amide bonds. The van der Waals surface area contributed by atoms with Crippen LogP contribution in [-0.4, -0.2) is 20.3 Å². The Hall–Kier alpha value is -2.00. The highest BCUT2D eigenvalue weighted by Gasteiger charge is 2.23. The van der Waals surface area contributed by atoms with E-state index < -0.39 is 0 Å². The number of nitrogens with two attached hydrogens (primary N) is 1. The van der Waals surface area contributed by atoms with E-state index in [0.717, 1.165) is 37.4 Å². The molecule has 1 aliphatic heterocycles. The first-order chi connectivity index (χ1) is 10.8. The average Bonchev–Trinajstić information content (AvgIpc) is 2.56. The van der Waals surface area contributed by atoms with Gasteiger partial charge in [0.25, 0.3) is 0 Å². The molecule has 3 heteroatoms. The van der Waals surface area contributed by atoms with Crippen LogP contribution in [-0.2, 0) is 19.3 Å². The predicted molar refractivity (Wildman–Crippen MR) is 88.6 cm³/mol. The SMILES string of the molecule is COc1cccc2c1OCC(Cc1ccccc1CCN)C2. The molecule has 1 unspecified atom stereocenters. The van der Waals surface area contributed by atoms with Crippen molar-refractivity contribution < 1.29 is 9.47 Å². The van der Waals surface area contributed by atoms with Gasteiger partial charge in [0.2, 0.25) is 0 Å². The van der Waals surface area contributed by atoms with E-state index in [1.165, 1.54) is 16.7 Å². The van der Waals surface area contributed by atoms with E-state index in [1.54, 1.807) is 7.11 Å². The molecule has 0 fully saturated rings. The van der Waals surface area contributed by atoms with E-state index in [2.05, 4.69) is 30.3 Å².